The summed E-state index contributed by atoms with van der Waals surface area (Å²) in [5.41, 5.74) is 2.93. The highest BCUT2D eigenvalue weighted by atomic mass is 16.5. The lowest BCUT2D eigenvalue weighted by Gasteiger charge is -2.27. The van der Waals surface area contributed by atoms with E-state index in [9.17, 15) is 9.59 Å². The highest BCUT2D eigenvalue weighted by molar-refractivity contribution is 6.04. The summed E-state index contributed by atoms with van der Waals surface area (Å²) in [5.74, 6) is 1.44. The summed E-state index contributed by atoms with van der Waals surface area (Å²) < 4.78 is 21.3. The normalized spacial score (nSPS) is 14.5. The molecule has 1 heterocycles. The molecule has 0 spiro atoms. The molecular weight excluding hydrogens is 498 g/mol. The standard InChI is InChI=1S/C30H33N3O6/c1-36-18-17-32(30(35)22-11-15-24(38-3)16-12-22)20-29(34)33-27(25-7-5-6-8-28(25)39-4)19-26(31-33)21-9-13-23(37-2)14-10-21/h5-16,27H,17-20H2,1-4H3/t27-/m1/s1. The van der Waals surface area contributed by atoms with E-state index in [0.717, 1.165) is 22.6 Å². The first-order valence-corrected chi connectivity index (χ1v) is 12.6. The average Bonchev–Trinajstić information content (AvgIpc) is 3.44. The van der Waals surface area contributed by atoms with Gasteiger partial charge in [-0.1, -0.05) is 18.2 Å². The van der Waals surface area contributed by atoms with Crippen molar-refractivity contribution in [2.75, 3.05) is 48.1 Å². The minimum atomic E-state index is -0.397. The molecule has 3 aromatic rings. The van der Waals surface area contributed by atoms with Gasteiger partial charge in [0.25, 0.3) is 11.8 Å². The number of carbonyl (C=O) groups is 2. The number of methoxy groups -OCH3 is 4. The van der Waals surface area contributed by atoms with Crippen LogP contribution in [0.25, 0.3) is 0 Å². The number of carbonyl (C=O) groups excluding carboxylic acids is 2. The van der Waals surface area contributed by atoms with Crippen LogP contribution in [0.1, 0.15) is 33.9 Å². The van der Waals surface area contributed by atoms with E-state index < -0.39 is 6.04 Å². The second-order valence-corrected chi connectivity index (χ2v) is 8.92. The smallest absolute Gasteiger partial charge is 0.262 e. The zero-order valence-corrected chi connectivity index (χ0v) is 22.6. The van der Waals surface area contributed by atoms with Crippen LogP contribution < -0.4 is 14.2 Å². The molecule has 9 nitrogen and oxygen atoms in total. The Labute approximate surface area is 228 Å². The van der Waals surface area contributed by atoms with Crippen LogP contribution in [-0.2, 0) is 9.53 Å². The average molecular weight is 532 g/mol. The van der Waals surface area contributed by atoms with Crippen molar-refractivity contribution in [2.24, 2.45) is 5.10 Å². The summed E-state index contributed by atoms with van der Waals surface area (Å²) in [6.45, 7) is 0.361. The number of nitrogens with zero attached hydrogens (tertiary/aromatic N) is 3. The summed E-state index contributed by atoms with van der Waals surface area (Å²) in [7, 11) is 6.34. The topological polar surface area (TPSA) is 89.9 Å². The molecule has 0 aliphatic carbocycles. The number of amides is 2. The molecule has 0 fully saturated rings. The van der Waals surface area contributed by atoms with E-state index in [2.05, 4.69) is 0 Å². The fourth-order valence-corrected chi connectivity index (χ4v) is 4.49. The van der Waals surface area contributed by atoms with Gasteiger partial charge < -0.3 is 23.8 Å². The minimum absolute atomic E-state index is 0.167. The van der Waals surface area contributed by atoms with Gasteiger partial charge in [-0.3, -0.25) is 9.59 Å². The summed E-state index contributed by atoms with van der Waals surface area (Å²) >= 11 is 0. The number of benzene rings is 3. The fraction of sp³-hybridized carbons (Fsp3) is 0.300. The van der Waals surface area contributed by atoms with Crippen LogP contribution in [0.4, 0.5) is 0 Å². The van der Waals surface area contributed by atoms with Gasteiger partial charge in [0.1, 0.15) is 23.8 Å². The van der Waals surface area contributed by atoms with Gasteiger partial charge in [0, 0.05) is 31.2 Å². The number of ether oxygens (including phenoxy) is 4. The molecule has 0 N–H and O–H groups in total. The van der Waals surface area contributed by atoms with Crippen molar-refractivity contribution < 1.29 is 28.5 Å². The van der Waals surface area contributed by atoms with Gasteiger partial charge in [0.15, 0.2) is 0 Å². The van der Waals surface area contributed by atoms with Crippen molar-refractivity contribution in [2.45, 2.75) is 12.5 Å². The molecule has 1 aliphatic rings. The number of para-hydroxylation sites is 1. The number of hydrogen-bond acceptors (Lipinski definition) is 7. The maximum absolute atomic E-state index is 13.8. The van der Waals surface area contributed by atoms with Gasteiger partial charge in [0.05, 0.1) is 39.7 Å². The SMILES string of the molecule is COCCN(CC(=O)N1N=C(c2ccc(OC)cc2)C[C@@H]1c1ccccc1OC)C(=O)c1ccc(OC)cc1. The minimum Gasteiger partial charge on any atom is -0.497 e. The van der Waals surface area contributed by atoms with E-state index in [4.69, 9.17) is 24.0 Å². The summed E-state index contributed by atoms with van der Waals surface area (Å²) in [5, 5.41) is 6.22. The van der Waals surface area contributed by atoms with Gasteiger partial charge in [-0.2, -0.15) is 5.10 Å². The van der Waals surface area contributed by atoms with E-state index in [1.165, 1.54) is 9.91 Å². The molecule has 0 bridgehead atoms. The predicted octanol–water partition coefficient (Wildman–Crippen LogP) is 4.18. The second-order valence-electron chi connectivity index (χ2n) is 8.92. The second kappa shape index (κ2) is 12.9. The lowest BCUT2D eigenvalue weighted by Crippen LogP contribution is -2.42. The van der Waals surface area contributed by atoms with Crippen molar-refractivity contribution in [3.8, 4) is 17.2 Å². The lowest BCUT2D eigenvalue weighted by atomic mass is 9.97. The first-order chi connectivity index (χ1) is 19.0. The highest BCUT2D eigenvalue weighted by Gasteiger charge is 2.36. The Morgan fingerprint density at radius 2 is 1.51 bits per heavy atom. The van der Waals surface area contributed by atoms with E-state index >= 15 is 0 Å². The Morgan fingerprint density at radius 3 is 2.13 bits per heavy atom. The van der Waals surface area contributed by atoms with Crippen LogP contribution in [0.2, 0.25) is 0 Å². The Balaban J connectivity index is 1.64. The molecule has 0 saturated carbocycles. The van der Waals surface area contributed by atoms with Crippen LogP contribution in [-0.4, -0.2) is 75.6 Å². The molecule has 1 atom stereocenters. The quantitative estimate of drug-likeness (QED) is 0.369. The third-order valence-electron chi connectivity index (χ3n) is 6.60. The third kappa shape index (κ3) is 6.38. The van der Waals surface area contributed by atoms with Crippen molar-refractivity contribution in [1.29, 1.82) is 0 Å². The molecule has 204 valence electrons. The molecular formula is C30H33N3O6. The monoisotopic (exact) mass is 531 g/mol. The fourth-order valence-electron chi connectivity index (χ4n) is 4.49. The van der Waals surface area contributed by atoms with E-state index in [1.807, 2.05) is 48.5 Å². The summed E-state index contributed by atoms with van der Waals surface area (Å²) in [6, 6.07) is 21.5. The zero-order valence-electron chi connectivity index (χ0n) is 22.6. The molecule has 4 rings (SSSR count). The largest absolute Gasteiger partial charge is 0.497 e. The first kappa shape index (κ1) is 27.7. The molecule has 0 unspecified atom stereocenters. The molecule has 0 aromatic heterocycles. The Morgan fingerprint density at radius 1 is 0.872 bits per heavy atom. The van der Waals surface area contributed by atoms with Crippen molar-refractivity contribution in [3.63, 3.8) is 0 Å². The molecule has 0 radical (unpaired) electrons. The summed E-state index contributed by atoms with van der Waals surface area (Å²) in [4.78, 5) is 28.7. The van der Waals surface area contributed by atoms with E-state index in [-0.39, 0.29) is 31.5 Å². The number of hydrogen-bond donors (Lipinski definition) is 0. The van der Waals surface area contributed by atoms with E-state index in [1.54, 1.807) is 52.7 Å². The van der Waals surface area contributed by atoms with Gasteiger partial charge in [-0.25, -0.2) is 5.01 Å². The van der Waals surface area contributed by atoms with Crippen molar-refractivity contribution in [1.82, 2.24) is 9.91 Å². The Kier molecular flexibility index (Phi) is 9.17. The number of rotatable bonds is 11. The maximum Gasteiger partial charge on any atom is 0.262 e. The highest BCUT2D eigenvalue weighted by Crippen LogP contribution is 2.37. The first-order valence-electron chi connectivity index (χ1n) is 12.6. The van der Waals surface area contributed by atoms with Crippen LogP contribution in [0, 0.1) is 0 Å². The van der Waals surface area contributed by atoms with Crippen LogP contribution >= 0.6 is 0 Å². The predicted molar refractivity (Wildman–Crippen MR) is 148 cm³/mol. The van der Waals surface area contributed by atoms with Gasteiger partial charge in [-0.05, 0) is 60.2 Å². The van der Waals surface area contributed by atoms with Crippen molar-refractivity contribution in [3.05, 3.63) is 89.5 Å². The molecule has 1 aliphatic heterocycles. The molecule has 39 heavy (non-hydrogen) atoms. The maximum atomic E-state index is 13.8. The van der Waals surface area contributed by atoms with Crippen molar-refractivity contribution >= 4 is 17.5 Å². The molecule has 3 aromatic carbocycles. The Bertz CT molecular complexity index is 1310. The number of hydrazone groups is 1. The molecule has 2 amide bonds. The van der Waals surface area contributed by atoms with Gasteiger partial charge in [0.2, 0.25) is 0 Å². The Hall–Kier alpha value is -4.37. The molecule has 9 heteroatoms. The van der Waals surface area contributed by atoms with Crippen LogP contribution in [0.5, 0.6) is 17.2 Å². The van der Waals surface area contributed by atoms with Crippen LogP contribution in [0.3, 0.4) is 0 Å². The van der Waals surface area contributed by atoms with Gasteiger partial charge >= 0.3 is 0 Å². The summed E-state index contributed by atoms with van der Waals surface area (Å²) in [6.07, 6.45) is 0.489. The molecule has 0 saturated heterocycles. The lowest BCUT2D eigenvalue weighted by molar-refractivity contribution is -0.133. The third-order valence-corrected chi connectivity index (χ3v) is 6.60. The van der Waals surface area contributed by atoms with E-state index in [0.29, 0.717) is 23.5 Å². The van der Waals surface area contributed by atoms with Gasteiger partial charge in [-0.15, -0.1) is 0 Å². The van der Waals surface area contributed by atoms with Crippen LogP contribution in [0.15, 0.2) is 77.9 Å². The zero-order chi connectivity index (χ0) is 27.8.